The Balaban J connectivity index is 1.65. The fourth-order valence-electron chi connectivity index (χ4n) is 2.10. The summed E-state index contributed by atoms with van der Waals surface area (Å²) in [4.78, 5) is 24.4. The first-order valence-electron chi connectivity index (χ1n) is 7.51. The third-order valence-corrected chi connectivity index (χ3v) is 3.37. The van der Waals surface area contributed by atoms with E-state index in [0.717, 1.165) is 5.56 Å². The molecule has 2 heterocycles. The highest BCUT2D eigenvalue weighted by atomic mass is 16.1. The molecular formula is C18H14N6O. The van der Waals surface area contributed by atoms with Crippen LogP contribution in [-0.4, -0.2) is 20.9 Å². The molecule has 0 fully saturated rings. The zero-order valence-electron chi connectivity index (χ0n) is 13.2. The second-order valence-corrected chi connectivity index (χ2v) is 5.15. The monoisotopic (exact) mass is 330 g/mol. The first kappa shape index (κ1) is 16.1. The van der Waals surface area contributed by atoms with Gasteiger partial charge in [-0.3, -0.25) is 9.78 Å². The lowest BCUT2D eigenvalue weighted by molar-refractivity contribution is 0.102. The molecule has 25 heavy (non-hydrogen) atoms. The van der Waals surface area contributed by atoms with Gasteiger partial charge in [0.1, 0.15) is 17.8 Å². The topological polar surface area (TPSA) is 104 Å². The highest BCUT2D eigenvalue weighted by Crippen LogP contribution is 2.12. The number of hydrogen-bond acceptors (Lipinski definition) is 6. The van der Waals surface area contributed by atoms with Crippen LogP contribution in [0.3, 0.4) is 0 Å². The summed E-state index contributed by atoms with van der Waals surface area (Å²) in [7, 11) is 0. The Bertz CT molecular complexity index is 903. The van der Waals surface area contributed by atoms with Crippen molar-refractivity contribution in [3.63, 3.8) is 0 Å². The SMILES string of the molecule is N#Cc1ccc(NC(=O)c2cc(NCc3cccnc3)ncn2)cc1. The smallest absolute Gasteiger partial charge is 0.274 e. The third-order valence-electron chi connectivity index (χ3n) is 3.37. The maximum Gasteiger partial charge on any atom is 0.274 e. The van der Waals surface area contributed by atoms with Crippen LogP contribution in [-0.2, 0) is 6.54 Å². The molecule has 0 atom stereocenters. The Morgan fingerprint density at radius 1 is 1.16 bits per heavy atom. The lowest BCUT2D eigenvalue weighted by Gasteiger charge is -2.08. The fraction of sp³-hybridized carbons (Fsp3) is 0.0556. The molecule has 0 aliphatic carbocycles. The molecule has 2 N–H and O–H groups in total. The zero-order chi connectivity index (χ0) is 17.5. The summed E-state index contributed by atoms with van der Waals surface area (Å²) in [5, 5.41) is 14.6. The van der Waals surface area contributed by atoms with Crippen LogP contribution >= 0.6 is 0 Å². The van der Waals surface area contributed by atoms with Gasteiger partial charge in [0, 0.05) is 30.7 Å². The van der Waals surface area contributed by atoms with Crippen LogP contribution in [0.5, 0.6) is 0 Å². The van der Waals surface area contributed by atoms with Crippen molar-refractivity contribution in [3.05, 3.63) is 78.0 Å². The van der Waals surface area contributed by atoms with Crippen LogP contribution in [0.15, 0.2) is 61.2 Å². The molecule has 7 nitrogen and oxygen atoms in total. The Kier molecular flexibility index (Phi) is 4.93. The van der Waals surface area contributed by atoms with Crippen molar-refractivity contribution >= 4 is 17.4 Å². The Hall–Kier alpha value is -3.79. The van der Waals surface area contributed by atoms with Gasteiger partial charge >= 0.3 is 0 Å². The summed E-state index contributed by atoms with van der Waals surface area (Å²) in [5.41, 5.74) is 2.37. The molecular weight excluding hydrogens is 316 g/mol. The van der Waals surface area contributed by atoms with Crippen molar-refractivity contribution in [2.75, 3.05) is 10.6 Å². The van der Waals surface area contributed by atoms with E-state index in [2.05, 4.69) is 25.6 Å². The van der Waals surface area contributed by atoms with E-state index in [0.29, 0.717) is 23.6 Å². The number of nitrogens with one attached hydrogen (secondary N) is 2. The standard InChI is InChI=1S/C18H14N6O/c19-9-13-3-5-15(6-4-13)24-18(25)16-8-17(23-12-22-16)21-11-14-2-1-7-20-10-14/h1-8,10,12H,11H2,(H,24,25)(H,21,22,23). The second-order valence-electron chi connectivity index (χ2n) is 5.15. The number of aromatic nitrogens is 3. The Morgan fingerprint density at radius 2 is 2.00 bits per heavy atom. The van der Waals surface area contributed by atoms with Gasteiger partial charge in [-0.1, -0.05) is 6.07 Å². The molecule has 3 rings (SSSR count). The van der Waals surface area contributed by atoms with Crippen LogP contribution in [0.2, 0.25) is 0 Å². The van der Waals surface area contributed by atoms with Crippen LogP contribution < -0.4 is 10.6 Å². The number of carbonyl (C=O) groups is 1. The van der Waals surface area contributed by atoms with Gasteiger partial charge in [0.15, 0.2) is 0 Å². The lowest BCUT2D eigenvalue weighted by Crippen LogP contribution is -2.14. The van der Waals surface area contributed by atoms with Crippen molar-refractivity contribution < 1.29 is 4.79 Å². The maximum atomic E-state index is 12.3. The van der Waals surface area contributed by atoms with Gasteiger partial charge in [0.2, 0.25) is 0 Å². The number of nitriles is 1. The number of amides is 1. The van der Waals surface area contributed by atoms with Crippen molar-refractivity contribution in [2.24, 2.45) is 0 Å². The lowest BCUT2D eigenvalue weighted by atomic mass is 10.2. The molecule has 0 radical (unpaired) electrons. The Morgan fingerprint density at radius 3 is 2.72 bits per heavy atom. The summed E-state index contributed by atoms with van der Waals surface area (Å²) >= 11 is 0. The van der Waals surface area contributed by atoms with E-state index in [1.807, 2.05) is 18.2 Å². The van der Waals surface area contributed by atoms with E-state index >= 15 is 0 Å². The number of pyridine rings is 1. The zero-order valence-corrected chi connectivity index (χ0v) is 13.2. The average molecular weight is 330 g/mol. The van der Waals surface area contributed by atoms with E-state index in [1.54, 1.807) is 42.7 Å². The molecule has 1 amide bonds. The normalized spacial score (nSPS) is 9.88. The Labute approximate surface area is 144 Å². The quantitative estimate of drug-likeness (QED) is 0.745. The first-order chi connectivity index (χ1) is 12.2. The minimum absolute atomic E-state index is 0.244. The molecule has 0 unspecified atom stereocenters. The van der Waals surface area contributed by atoms with Crippen molar-refractivity contribution in [2.45, 2.75) is 6.54 Å². The molecule has 0 spiro atoms. The summed E-state index contributed by atoms with van der Waals surface area (Å²) in [6.07, 6.45) is 4.80. The van der Waals surface area contributed by atoms with E-state index in [1.165, 1.54) is 6.33 Å². The van der Waals surface area contributed by atoms with Crippen LogP contribution in [0.1, 0.15) is 21.6 Å². The molecule has 1 aromatic carbocycles. The predicted octanol–water partition coefficient (Wildman–Crippen LogP) is 2.61. The predicted molar refractivity (Wildman–Crippen MR) is 92.7 cm³/mol. The molecule has 2 aromatic heterocycles. The van der Waals surface area contributed by atoms with E-state index in [4.69, 9.17) is 5.26 Å². The van der Waals surface area contributed by atoms with Crippen molar-refractivity contribution in [1.29, 1.82) is 5.26 Å². The van der Waals surface area contributed by atoms with Gasteiger partial charge in [-0.2, -0.15) is 5.26 Å². The molecule has 0 aliphatic rings. The number of benzene rings is 1. The molecule has 3 aromatic rings. The summed E-state index contributed by atoms with van der Waals surface area (Å²) in [6.45, 7) is 0.543. The van der Waals surface area contributed by atoms with Crippen molar-refractivity contribution in [1.82, 2.24) is 15.0 Å². The van der Waals surface area contributed by atoms with E-state index in [-0.39, 0.29) is 11.6 Å². The molecule has 0 bridgehead atoms. The van der Waals surface area contributed by atoms with Crippen LogP contribution in [0, 0.1) is 11.3 Å². The number of rotatable bonds is 5. The summed E-state index contributed by atoms with van der Waals surface area (Å²) in [5.74, 6) is 0.195. The van der Waals surface area contributed by atoms with E-state index in [9.17, 15) is 4.79 Å². The van der Waals surface area contributed by atoms with Gasteiger partial charge in [-0.15, -0.1) is 0 Å². The van der Waals surface area contributed by atoms with Gasteiger partial charge < -0.3 is 10.6 Å². The summed E-state index contributed by atoms with van der Waals surface area (Å²) in [6, 6.07) is 14.0. The first-order valence-corrected chi connectivity index (χ1v) is 7.51. The van der Waals surface area contributed by atoms with Gasteiger partial charge in [0.05, 0.1) is 11.6 Å². The van der Waals surface area contributed by atoms with Crippen molar-refractivity contribution in [3.8, 4) is 6.07 Å². The average Bonchev–Trinajstić information content (AvgIpc) is 2.68. The number of anilines is 2. The van der Waals surface area contributed by atoms with Crippen LogP contribution in [0.25, 0.3) is 0 Å². The highest BCUT2D eigenvalue weighted by Gasteiger charge is 2.09. The number of nitrogens with zero attached hydrogens (tertiary/aromatic N) is 4. The number of hydrogen-bond donors (Lipinski definition) is 2. The molecule has 0 aliphatic heterocycles. The summed E-state index contributed by atoms with van der Waals surface area (Å²) < 4.78 is 0. The van der Waals surface area contributed by atoms with Gasteiger partial charge in [-0.05, 0) is 35.9 Å². The van der Waals surface area contributed by atoms with Gasteiger partial charge in [-0.25, -0.2) is 9.97 Å². The second kappa shape index (κ2) is 7.66. The largest absolute Gasteiger partial charge is 0.366 e. The molecule has 122 valence electrons. The third kappa shape index (κ3) is 4.36. The number of carbonyl (C=O) groups excluding carboxylic acids is 1. The van der Waals surface area contributed by atoms with E-state index < -0.39 is 0 Å². The molecule has 7 heteroatoms. The molecule has 0 saturated heterocycles. The minimum atomic E-state index is -0.350. The van der Waals surface area contributed by atoms with Gasteiger partial charge in [0.25, 0.3) is 5.91 Å². The maximum absolute atomic E-state index is 12.3. The molecule has 0 saturated carbocycles. The van der Waals surface area contributed by atoms with Crippen LogP contribution in [0.4, 0.5) is 11.5 Å². The minimum Gasteiger partial charge on any atom is -0.366 e. The highest BCUT2D eigenvalue weighted by molar-refractivity contribution is 6.03. The fourth-order valence-corrected chi connectivity index (χ4v) is 2.10.